The second kappa shape index (κ2) is 7.24. The highest BCUT2D eigenvalue weighted by Crippen LogP contribution is 2.44. The van der Waals surface area contributed by atoms with E-state index in [1.165, 1.54) is 0 Å². The second-order valence-corrected chi connectivity index (χ2v) is 7.01. The molecule has 0 saturated heterocycles. The lowest BCUT2D eigenvalue weighted by Crippen LogP contribution is -2.39. The maximum absolute atomic E-state index is 13.1. The molecule has 1 amide bonds. The molecule has 0 fully saturated rings. The monoisotopic (exact) mass is 369 g/mol. The fourth-order valence-electron chi connectivity index (χ4n) is 3.79. The molecule has 0 radical (unpaired) electrons. The van der Waals surface area contributed by atoms with Gasteiger partial charge in [-0.1, -0.05) is 78.9 Å². The number of benzene rings is 3. The van der Waals surface area contributed by atoms with Crippen LogP contribution in [0.1, 0.15) is 39.1 Å². The van der Waals surface area contributed by atoms with Crippen molar-refractivity contribution in [3.05, 3.63) is 102 Å². The summed E-state index contributed by atoms with van der Waals surface area (Å²) in [5, 5.41) is 2.86. The first kappa shape index (κ1) is 17.9. The zero-order chi connectivity index (χ0) is 19.6. The summed E-state index contributed by atoms with van der Waals surface area (Å²) in [6.07, 6.45) is -0.114. The number of hydrogen-bond acceptors (Lipinski definition) is 3. The van der Waals surface area contributed by atoms with Crippen LogP contribution in [0.5, 0.6) is 0 Å². The summed E-state index contributed by atoms with van der Waals surface area (Å²) in [5.74, 6) is -0.621. The third kappa shape index (κ3) is 3.14. The van der Waals surface area contributed by atoms with Gasteiger partial charge < -0.3 is 5.32 Å². The van der Waals surface area contributed by atoms with E-state index >= 15 is 0 Å². The molecule has 0 aliphatic carbocycles. The Bertz CT molecular complexity index is 988. The average molecular weight is 369 g/mol. The van der Waals surface area contributed by atoms with Gasteiger partial charge >= 0.3 is 0 Å². The molecule has 0 atom stereocenters. The summed E-state index contributed by atoms with van der Waals surface area (Å²) in [6, 6.07) is 25.0. The number of para-hydroxylation sites is 1. The maximum atomic E-state index is 13.1. The first-order chi connectivity index (χ1) is 13.6. The van der Waals surface area contributed by atoms with Crippen molar-refractivity contribution in [3.8, 4) is 0 Å². The third-order valence-electron chi connectivity index (χ3n) is 5.24. The SMILES string of the molecule is O=C(CC1(CC(=O)c2ccccc2)C(=O)Nc2ccccc21)c1ccccc1. The van der Waals surface area contributed by atoms with E-state index in [2.05, 4.69) is 5.32 Å². The Kier molecular flexibility index (Phi) is 4.62. The van der Waals surface area contributed by atoms with E-state index < -0.39 is 5.41 Å². The predicted octanol–water partition coefficient (Wildman–Crippen LogP) is 4.42. The van der Waals surface area contributed by atoms with Gasteiger partial charge in [0.15, 0.2) is 11.6 Å². The molecular formula is C24H19NO3. The average Bonchev–Trinajstić information content (AvgIpc) is 3.00. The Morgan fingerprint density at radius 3 is 1.68 bits per heavy atom. The third-order valence-corrected chi connectivity index (χ3v) is 5.24. The number of Topliss-reactive ketones (excluding diaryl/α,β-unsaturated/α-hetero) is 2. The van der Waals surface area contributed by atoms with Gasteiger partial charge in [0.2, 0.25) is 5.91 Å². The fourth-order valence-corrected chi connectivity index (χ4v) is 3.79. The van der Waals surface area contributed by atoms with E-state index in [0.717, 1.165) is 0 Å². The molecule has 1 aliphatic heterocycles. The summed E-state index contributed by atoms with van der Waals surface area (Å²) in [5.41, 5.74) is 1.22. The number of carbonyl (C=O) groups excluding carboxylic acids is 3. The van der Waals surface area contributed by atoms with Crippen LogP contribution in [0, 0.1) is 0 Å². The molecule has 1 heterocycles. The molecular weight excluding hydrogens is 350 g/mol. The van der Waals surface area contributed by atoms with Crippen LogP contribution in [-0.2, 0) is 10.2 Å². The minimum atomic E-state index is -1.21. The van der Waals surface area contributed by atoms with Crippen molar-refractivity contribution >= 4 is 23.2 Å². The Balaban J connectivity index is 1.75. The lowest BCUT2D eigenvalue weighted by molar-refractivity contribution is -0.120. The predicted molar refractivity (Wildman–Crippen MR) is 108 cm³/mol. The first-order valence-corrected chi connectivity index (χ1v) is 9.18. The van der Waals surface area contributed by atoms with Crippen LogP contribution >= 0.6 is 0 Å². The van der Waals surface area contributed by atoms with Crippen LogP contribution < -0.4 is 5.32 Å². The molecule has 3 aromatic rings. The van der Waals surface area contributed by atoms with Crippen LogP contribution in [0.25, 0.3) is 0 Å². The zero-order valence-corrected chi connectivity index (χ0v) is 15.2. The first-order valence-electron chi connectivity index (χ1n) is 9.18. The molecule has 0 bridgehead atoms. The van der Waals surface area contributed by atoms with Gasteiger partial charge in [0, 0.05) is 29.7 Å². The van der Waals surface area contributed by atoms with Crippen LogP contribution in [0.3, 0.4) is 0 Å². The van der Waals surface area contributed by atoms with E-state index in [1.807, 2.05) is 30.3 Å². The van der Waals surface area contributed by atoms with Crippen LogP contribution in [0.15, 0.2) is 84.9 Å². The number of anilines is 1. The van der Waals surface area contributed by atoms with Gasteiger partial charge in [-0.05, 0) is 11.6 Å². The number of fused-ring (bicyclic) bond motifs is 1. The van der Waals surface area contributed by atoms with E-state index in [4.69, 9.17) is 0 Å². The number of rotatable bonds is 6. The molecule has 138 valence electrons. The van der Waals surface area contributed by atoms with E-state index in [1.54, 1.807) is 54.6 Å². The molecule has 0 saturated carbocycles. The highest BCUT2D eigenvalue weighted by atomic mass is 16.2. The van der Waals surface area contributed by atoms with Gasteiger partial charge in [0.1, 0.15) is 0 Å². The van der Waals surface area contributed by atoms with Gasteiger partial charge in [0.25, 0.3) is 0 Å². The summed E-state index contributed by atoms with van der Waals surface area (Å²) >= 11 is 0. The fraction of sp³-hybridized carbons (Fsp3) is 0.125. The topological polar surface area (TPSA) is 63.2 Å². The summed E-state index contributed by atoms with van der Waals surface area (Å²) in [4.78, 5) is 39.0. The van der Waals surface area contributed by atoms with E-state index in [9.17, 15) is 14.4 Å². The zero-order valence-electron chi connectivity index (χ0n) is 15.2. The minimum absolute atomic E-state index is 0.0571. The standard InChI is InChI=1S/C24H19NO3/c26-21(17-9-3-1-4-10-17)15-24(16-22(27)18-11-5-2-6-12-18)19-13-7-8-14-20(19)25-23(24)28/h1-14H,15-16H2,(H,25,28). The Hall–Kier alpha value is -3.53. The van der Waals surface area contributed by atoms with Gasteiger partial charge in [-0.25, -0.2) is 0 Å². The molecule has 4 rings (SSSR count). The quantitative estimate of drug-likeness (QED) is 0.654. The van der Waals surface area contributed by atoms with Crippen LogP contribution in [-0.4, -0.2) is 17.5 Å². The van der Waals surface area contributed by atoms with E-state index in [0.29, 0.717) is 22.4 Å². The molecule has 4 heteroatoms. The summed E-state index contributed by atoms with van der Waals surface area (Å²) in [6.45, 7) is 0. The number of ketones is 2. The van der Waals surface area contributed by atoms with Gasteiger partial charge in [-0.15, -0.1) is 0 Å². The molecule has 1 N–H and O–H groups in total. The van der Waals surface area contributed by atoms with Crippen molar-refractivity contribution in [3.63, 3.8) is 0 Å². The number of carbonyl (C=O) groups is 3. The van der Waals surface area contributed by atoms with Gasteiger partial charge in [-0.3, -0.25) is 14.4 Å². The minimum Gasteiger partial charge on any atom is -0.325 e. The molecule has 0 spiro atoms. The number of hydrogen-bond donors (Lipinski definition) is 1. The van der Waals surface area contributed by atoms with Crippen molar-refractivity contribution in [2.75, 3.05) is 5.32 Å². The van der Waals surface area contributed by atoms with E-state index in [-0.39, 0.29) is 30.3 Å². The van der Waals surface area contributed by atoms with Crippen molar-refractivity contribution in [2.45, 2.75) is 18.3 Å². The van der Waals surface area contributed by atoms with Crippen LogP contribution in [0.2, 0.25) is 0 Å². The molecule has 3 aromatic carbocycles. The Labute approximate surface area is 163 Å². The Morgan fingerprint density at radius 1 is 0.679 bits per heavy atom. The maximum Gasteiger partial charge on any atom is 0.236 e. The lowest BCUT2D eigenvalue weighted by atomic mass is 9.72. The second-order valence-electron chi connectivity index (χ2n) is 7.01. The summed E-state index contributed by atoms with van der Waals surface area (Å²) in [7, 11) is 0. The molecule has 4 nitrogen and oxygen atoms in total. The normalized spacial score (nSPS) is 14.2. The van der Waals surface area contributed by atoms with Gasteiger partial charge in [-0.2, -0.15) is 0 Å². The highest BCUT2D eigenvalue weighted by molar-refractivity contribution is 6.13. The number of amides is 1. The van der Waals surface area contributed by atoms with Crippen molar-refractivity contribution in [2.24, 2.45) is 0 Å². The van der Waals surface area contributed by atoms with Crippen LogP contribution in [0.4, 0.5) is 5.69 Å². The molecule has 1 aliphatic rings. The van der Waals surface area contributed by atoms with Crippen molar-refractivity contribution in [1.29, 1.82) is 0 Å². The lowest BCUT2D eigenvalue weighted by Gasteiger charge is -2.26. The largest absolute Gasteiger partial charge is 0.325 e. The van der Waals surface area contributed by atoms with Crippen molar-refractivity contribution < 1.29 is 14.4 Å². The molecule has 0 aromatic heterocycles. The van der Waals surface area contributed by atoms with Crippen molar-refractivity contribution in [1.82, 2.24) is 0 Å². The highest BCUT2D eigenvalue weighted by Gasteiger charge is 2.49. The molecule has 28 heavy (non-hydrogen) atoms. The summed E-state index contributed by atoms with van der Waals surface area (Å²) < 4.78 is 0. The smallest absolute Gasteiger partial charge is 0.236 e. The number of nitrogens with one attached hydrogen (secondary N) is 1. The van der Waals surface area contributed by atoms with Gasteiger partial charge in [0.05, 0.1) is 5.41 Å². The molecule has 0 unspecified atom stereocenters. The Morgan fingerprint density at radius 2 is 1.14 bits per heavy atom.